The molecule has 10 rings (SSSR count). The van der Waals surface area contributed by atoms with Crippen molar-refractivity contribution in [3.63, 3.8) is 0 Å². The number of hydrogen-bond acceptors (Lipinski definition) is 5. The molecule has 6 nitrogen and oxygen atoms in total. The van der Waals surface area contributed by atoms with Crippen LogP contribution < -0.4 is 9.64 Å². The number of anilines is 1. The summed E-state index contributed by atoms with van der Waals surface area (Å²) in [5, 5.41) is 4.33. The van der Waals surface area contributed by atoms with Gasteiger partial charge in [-0.2, -0.15) is 0 Å². The molecule has 58 heavy (non-hydrogen) atoms. The summed E-state index contributed by atoms with van der Waals surface area (Å²) in [7, 11) is 0. The molecule has 0 unspecified atom stereocenters. The molecule has 4 heterocycles. The monoisotopic (exact) mass is 758 g/mol. The van der Waals surface area contributed by atoms with E-state index in [1.807, 2.05) is 24.4 Å². The number of hydrogen-bond donors (Lipinski definition) is 0. The van der Waals surface area contributed by atoms with Crippen molar-refractivity contribution in [3.05, 3.63) is 175 Å². The van der Waals surface area contributed by atoms with E-state index in [9.17, 15) is 0 Å². The summed E-state index contributed by atoms with van der Waals surface area (Å²) in [4.78, 5) is 9.89. The van der Waals surface area contributed by atoms with Crippen molar-refractivity contribution in [2.45, 2.75) is 52.5 Å². The van der Waals surface area contributed by atoms with Crippen molar-refractivity contribution in [1.82, 2.24) is 14.5 Å². The van der Waals surface area contributed by atoms with E-state index in [2.05, 4.69) is 189 Å². The lowest BCUT2D eigenvalue weighted by Gasteiger charge is -2.36. The maximum atomic E-state index is 7.06. The molecular formula is C52H46N4O2. The number of benzene rings is 6. The standard InChI is InChI=1S/C52H46N4O2/c1-51(2,3)36-28-29-53-45(30-36)56-41-26-15-13-24-39(41)46-42(56)32-44(50-47(46)40-25-14-16-27-43(40)58-50)57-38-23-17-22-37(31-38)54-33-55(52(4,5)6)49(35-20-11-8-12-21-35)48(54)34-18-9-7-10-19-34/h7-32H,33H2,1-6H3. The predicted molar refractivity (Wildman–Crippen MR) is 240 cm³/mol. The normalized spacial score (nSPS) is 13.8. The van der Waals surface area contributed by atoms with E-state index in [4.69, 9.17) is 14.1 Å². The van der Waals surface area contributed by atoms with E-state index in [1.54, 1.807) is 0 Å². The lowest BCUT2D eigenvalue weighted by atomic mass is 9.88. The summed E-state index contributed by atoms with van der Waals surface area (Å²) in [6.45, 7) is 14.2. The van der Waals surface area contributed by atoms with E-state index in [1.165, 1.54) is 16.8 Å². The number of nitrogens with zero attached hydrogens (tertiary/aromatic N) is 4. The maximum absolute atomic E-state index is 7.06. The summed E-state index contributed by atoms with van der Waals surface area (Å²) < 4.78 is 16.1. The molecule has 0 saturated carbocycles. The minimum Gasteiger partial charge on any atom is -0.453 e. The van der Waals surface area contributed by atoms with Gasteiger partial charge in [-0.25, -0.2) is 4.98 Å². The number of pyridine rings is 1. The SMILES string of the molecule is CC(C)(C)c1ccnc(-n2c3ccccc3c3c4c(oc5ccccc54)c(Oc4cccc(N5CN(C(C)(C)C)C(c6ccccc6)=C5c5ccccc5)c4)cc32)c1. The molecule has 1 aliphatic heterocycles. The Kier molecular flexibility index (Phi) is 8.24. The first-order valence-electron chi connectivity index (χ1n) is 20.1. The summed E-state index contributed by atoms with van der Waals surface area (Å²) in [5.41, 5.74) is 10.4. The molecule has 1 aliphatic rings. The first-order valence-corrected chi connectivity index (χ1v) is 20.1. The molecule has 0 bridgehead atoms. The van der Waals surface area contributed by atoms with Crippen LogP contribution in [0.15, 0.2) is 162 Å². The van der Waals surface area contributed by atoms with Crippen LogP contribution in [0.1, 0.15) is 58.2 Å². The van der Waals surface area contributed by atoms with E-state index in [-0.39, 0.29) is 11.0 Å². The number of aromatic nitrogens is 2. The Morgan fingerprint density at radius 2 is 1.28 bits per heavy atom. The molecule has 0 radical (unpaired) electrons. The topological polar surface area (TPSA) is 46.7 Å². The smallest absolute Gasteiger partial charge is 0.178 e. The van der Waals surface area contributed by atoms with Crippen LogP contribution in [-0.4, -0.2) is 26.7 Å². The first-order chi connectivity index (χ1) is 28.0. The van der Waals surface area contributed by atoms with Crippen LogP contribution in [0, 0.1) is 0 Å². The lowest BCUT2D eigenvalue weighted by Crippen LogP contribution is -2.41. The summed E-state index contributed by atoms with van der Waals surface area (Å²) in [6.07, 6.45) is 1.92. The van der Waals surface area contributed by atoms with Gasteiger partial charge in [0.2, 0.25) is 0 Å². The van der Waals surface area contributed by atoms with Gasteiger partial charge in [-0.15, -0.1) is 0 Å². The van der Waals surface area contributed by atoms with Gasteiger partial charge in [-0.05, 0) is 68.1 Å². The van der Waals surface area contributed by atoms with Crippen LogP contribution in [0.5, 0.6) is 11.5 Å². The molecule has 6 aromatic carbocycles. The number of rotatable bonds is 6. The van der Waals surface area contributed by atoms with Gasteiger partial charge in [0, 0.05) is 62.2 Å². The van der Waals surface area contributed by atoms with E-state index in [0.717, 1.165) is 72.3 Å². The second kappa shape index (κ2) is 13.4. The molecule has 0 saturated heterocycles. The van der Waals surface area contributed by atoms with Crippen molar-refractivity contribution in [1.29, 1.82) is 0 Å². The Labute approximate surface area is 339 Å². The van der Waals surface area contributed by atoms with Gasteiger partial charge in [0.25, 0.3) is 0 Å². The molecule has 6 heteroatoms. The zero-order chi connectivity index (χ0) is 39.8. The highest BCUT2D eigenvalue weighted by Gasteiger charge is 2.37. The third kappa shape index (κ3) is 5.90. The maximum Gasteiger partial charge on any atom is 0.178 e. The minimum absolute atomic E-state index is 0.0412. The van der Waals surface area contributed by atoms with Gasteiger partial charge in [0.05, 0.1) is 29.1 Å². The van der Waals surface area contributed by atoms with Crippen molar-refractivity contribution in [2.75, 3.05) is 11.6 Å². The van der Waals surface area contributed by atoms with E-state index in [0.29, 0.717) is 12.4 Å². The van der Waals surface area contributed by atoms with Crippen LogP contribution in [-0.2, 0) is 5.41 Å². The van der Waals surface area contributed by atoms with Gasteiger partial charge in [-0.3, -0.25) is 4.57 Å². The van der Waals surface area contributed by atoms with Crippen LogP contribution in [0.2, 0.25) is 0 Å². The Balaban J connectivity index is 1.17. The van der Waals surface area contributed by atoms with Crippen LogP contribution >= 0.6 is 0 Å². The molecular weight excluding hydrogens is 713 g/mol. The number of fused-ring (bicyclic) bond motifs is 7. The molecule has 0 fully saturated rings. The zero-order valence-electron chi connectivity index (χ0n) is 33.8. The summed E-state index contributed by atoms with van der Waals surface area (Å²) in [5.74, 6) is 2.23. The Hall–Kier alpha value is -6.79. The fourth-order valence-electron chi connectivity index (χ4n) is 8.56. The fourth-order valence-corrected chi connectivity index (χ4v) is 8.56. The van der Waals surface area contributed by atoms with Crippen molar-refractivity contribution >= 4 is 60.8 Å². The average molecular weight is 759 g/mol. The third-order valence-electron chi connectivity index (χ3n) is 11.4. The molecule has 9 aromatic rings. The highest BCUT2D eigenvalue weighted by molar-refractivity contribution is 6.28. The van der Waals surface area contributed by atoms with Crippen LogP contribution in [0.3, 0.4) is 0 Å². The Bertz CT molecular complexity index is 3030. The van der Waals surface area contributed by atoms with E-state index < -0.39 is 0 Å². The highest BCUT2D eigenvalue weighted by Crippen LogP contribution is 2.48. The molecule has 286 valence electrons. The molecule has 0 aliphatic carbocycles. The molecule has 0 amide bonds. The molecule has 0 N–H and O–H groups in total. The number of para-hydroxylation sites is 2. The summed E-state index contributed by atoms with van der Waals surface area (Å²) in [6, 6.07) is 53.2. The molecule has 3 aromatic heterocycles. The van der Waals surface area contributed by atoms with Crippen LogP contribution in [0.25, 0.3) is 61.0 Å². The largest absolute Gasteiger partial charge is 0.453 e. The van der Waals surface area contributed by atoms with Crippen LogP contribution in [0.4, 0.5) is 5.69 Å². The summed E-state index contributed by atoms with van der Waals surface area (Å²) >= 11 is 0. The second-order valence-corrected chi connectivity index (χ2v) is 17.3. The van der Waals surface area contributed by atoms with Gasteiger partial charge < -0.3 is 19.0 Å². The number of ether oxygens (including phenoxy) is 1. The van der Waals surface area contributed by atoms with Gasteiger partial charge >= 0.3 is 0 Å². The third-order valence-corrected chi connectivity index (χ3v) is 11.4. The molecule has 0 atom stereocenters. The lowest BCUT2D eigenvalue weighted by molar-refractivity contribution is 0.237. The van der Waals surface area contributed by atoms with Crippen molar-refractivity contribution in [3.8, 4) is 17.3 Å². The van der Waals surface area contributed by atoms with Gasteiger partial charge in [0.15, 0.2) is 11.3 Å². The van der Waals surface area contributed by atoms with E-state index >= 15 is 0 Å². The zero-order valence-corrected chi connectivity index (χ0v) is 33.8. The predicted octanol–water partition coefficient (Wildman–Crippen LogP) is 13.6. The van der Waals surface area contributed by atoms with Crippen molar-refractivity contribution < 1.29 is 9.15 Å². The molecule has 0 spiro atoms. The van der Waals surface area contributed by atoms with Gasteiger partial charge in [-0.1, -0.05) is 124 Å². The number of furan rings is 1. The van der Waals surface area contributed by atoms with Crippen molar-refractivity contribution in [2.24, 2.45) is 0 Å². The minimum atomic E-state index is -0.143. The Morgan fingerprint density at radius 3 is 2.00 bits per heavy atom. The van der Waals surface area contributed by atoms with Gasteiger partial charge in [0.1, 0.15) is 17.2 Å². The highest BCUT2D eigenvalue weighted by atomic mass is 16.5. The fraction of sp³-hybridized carbons (Fsp3) is 0.173. The quantitative estimate of drug-likeness (QED) is 0.169. The average Bonchev–Trinajstić information content (AvgIpc) is 3.92. The Morgan fingerprint density at radius 1 is 0.603 bits per heavy atom. The first kappa shape index (κ1) is 35.6. The second-order valence-electron chi connectivity index (χ2n) is 17.3.